The minimum absolute atomic E-state index is 0.715. The van der Waals surface area contributed by atoms with Crippen LogP contribution in [0.4, 0.5) is 0 Å². The molecule has 3 nitrogen and oxygen atoms in total. The maximum atomic E-state index is 9.19. The summed E-state index contributed by atoms with van der Waals surface area (Å²) >= 11 is 1.88. The van der Waals surface area contributed by atoms with Gasteiger partial charge in [-0.1, -0.05) is 59.7 Å². The van der Waals surface area contributed by atoms with E-state index in [2.05, 4.69) is 112 Å². The maximum absolute atomic E-state index is 9.19. The molecule has 4 rings (SSSR count). The highest BCUT2D eigenvalue weighted by atomic mass is 32.3. The Morgan fingerprint density at radius 3 is 1.61 bits per heavy atom. The van der Waals surface area contributed by atoms with Gasteiger partial charge in [0.05, 0.1) is 10.5 Å². The molecule has 0 aliphatic carbocycles. The molecule has 1 heterocycles. The summed E-state index contributed by atoms with van der Waals surface area (Å²) in [6.45, 7) is 8.93. The van der Waals surface area contributed by atoms with E-state index in [1.807, 2.05) is 11.3 Å². The van der Waals surface area contributed by atoms with E-state index in [9.17, 15) is 8.42 Å². The van der Waals surface area contributed by atoms with Gasteiger partial charge in [0.15, 0.2) is 0 Å². The number of rotatable bonds is 4. The Morgan fingerprint density at radius 2 is 1.18 bits per heavy atom. The van der Waals surface area contributed by atoms with Gasteiger partial charge in [0, 0.05) is 14.7 Å². The van der Waals surface area contributed by atoms with Crippen molar-refractivity contribution in [2.24, 2.45) is 0 Å². The molecular weight excluding hydrogens is 468 g/mol. The van der Waals surface area contributed by atoms with E-state index < -0.39 is 20.1 Å². The van der Waals surface area contributed by atoms with Crippen LogP contribution in [0.5, 0.6) is 0 Å². The minimum atomic E-state index is -3.67. The van der Waals surface area contributed by atoms with Crippen molar-refractivity contribution in [1.82, 2.24) is 0 Å². The van der Waals surface area contributed by atoms with Gasteiger partial charge < -0.3 is 0 Å². The van der Waals surface area contributed by atoms with Crippen LogP contribution in [-0.2, 0) is 10.1 Å². The zero-order valence-electron chi connectivity index (χ0n) is 19.6. The highest BCUT2D eigenvalue weighted by Crippen LogP contribution is 2.75. The summed E-state index contributed by atoms with van der Waals surface area (Å²) < 4.78 is 27.3. The molecule has 0 aliphatic rings. The van der Waals surface area contributed by atoms with E-state index in [4.69, 9.17) is 4.55 Å². The quantitative estimate of drug-likeness (QED) is 0.292. The molecule has 0 unspecified atom stereocenters. The van der Waals surface area contributed by atoms with E-state index in [0.29, 0.717) is 6.26 Å². The molecule has 6 heteroatoms. The zero-order valence-corrected chi connectivity index (χ0v) is 22.0. The maximum Gasteiger partial charge on any atom is 0.261 e. The summed E-state index contributed by atoms with van der Waals surface area (Å²) in [5.41, 5.74) is 5.35. The first-order chi connectivity index (χ1) is 15.5. The van der Waals surface area contributed by atoms with Crippen LogP contribution in [0.25, 0.3) is 0 Å². The van der Waals surface area contributed by atoms with Crippen molar-refractivity contribution in [3.8, 4) is 0 Å². The summed E-state index contributed by atoms with van der Waals surface area (Å²) in [5, 5.41) is 2.22. The van der Waals surface area contributed by atoms with Crippen LogP contribution in [0.1, 0.15) is 22.3 Å². The van der Waals surface area contributed by atoms with E-state index >= 15 is 0 Å². The molecule has 0 amide bonds. The highest BCUT2D eigenvalue weighted by Gasteiger charge is 2.36. The Morgan fingerprint density at radius 1 is 0.697 bits per heavy atom. The molecule has 0 atom stereocenters. The smallest absolute Gasteiger partial charge is 0.261 e. The SMILES string of the molecule is CS(=O)(=O)O.Cc1ccc(C)c(S(c2ccccc2)(c2cccs2)c2cc(C)ccc2C)c1. The predicted molar refractivity (Wildman–Crippen MR) is 141 cm³/mol. The average Bonchev–Trinajstić information content (AvgIpc) is 3.28. The molecule has 1 N–H and O–H groups in total. The predicted octanol–water partition coefficient (Wildman–Crippen LogP) is 7.83. The van der Waals surface area contributed by atoms with Gasteiger partial charge in [-0.3, -0.25) is 4.55 Å². The van der Waals surface area contributed by atoms with Crippen molar-refractivity contribution in [3.05, 3.63) is 106 Å². The molecule has 4 aromatic rings. The van der Waals surface area contributed by atoms with Crippen LogP contribution in [-0.4, -0.2) is 19.2 Å². The number of hydrogen-bond acceptors (Lipinski definition) is 3. The molecule has 0 aliphatic heterocycles. The fraction of sp³-hybridized carbons (Fsp3) is 0.185. The molecule has 0 saturated heterocycles. The average molecular weight is 499 g/mol. The van der Waals surface area contributed by atoms with E-state index in [1.54, 1.807) is 0 Å². The van der Waals surface area contributed by atoms with Gasteiger partial charge in [0.25, 0.3) is 10.1 Å². The minimum Gasteiger partial charge on any atom is -0.286 e. The number of aryl methyl sites for hydroxylation is 4. The lowest BCUT2D eigenvalue weighted by atomic mass is 10.2. The summed E-state index contributed by atoms with van der Waals surface area (Å²) in [7, 11) is -5.22. The third-order valence-electron chi connectivity index (χ3n) is 5.24. The molecule has 3 aromatic carbocycles. The molecular formula is C27H30O3S3. The van der Waals surface area contributed by atoms with Gasteiger partial charge in [-0.15, -0.1) is 21.4 Å². The van der Waals surface area contributed by atoms with E-state index in [-0.39, 0.29) is 0 Å². The first-order valence-electron chi connectivity index (χ1n) is 10.5. The van der Waals surface area contributed by atoms with Crippen LogP contribution >= 0.6 is 21.4 Å². The third kappa shape index (κ3) is 5.76. The van der Waals surface area contributed by atoms with Crippen LogP contribution in [0.2, 0.25) is 0 Å². The molecule has 1 aromatic heterocycles. The number of thiophene rings is 1. The van der Waals surface area contributed by atoms with Gasteiger partial charge in [0.2, 0.25) is 0 Å². The van der Waals surface area contributed by atoms with Crippen LogP contribution in [0.15, 0.2) is 103 Å². The largest absolute Gasteiger partial charge is 0.286 e. The summed E-state index contributed by atoms with van der Waals surface area (Å²) in [6.07, 6.45) is 0.715. The first-order valence-corrected chi connectivity index (χ1v) is 14.9. The number of hydrogen-bond donors (Lipinski definition) is 1. The molecule has 174 valence electrons. The Hall–Kier alpha value is -2.38. The lowest BCUT2D eigenvalue weighted by Gasteiger charge is -2.43. The van der Waals surface area contributed by atoms with Crippen molar-refractivity contribution in [2.45, 2.75) is 46.6 Å². The monoisotopic (exact) mass is 498 g/mol. The topological polar surface area (TPSA) is 54.4 Å². The molecule has 0 spiro atoms. The second kappa shape index (κ2) is 10.3. The van der Waals surface area contributed by atoms with Gasteiger partial charge >= 0.3 is 0 Å². The van der Waals surface area contributed by atoms with Gasteiger partial charge in [-0.05, 0) is 74.5 Å². The van der Waals surface area contributed by atoms with Crippen molar-refractivity contribution >= 4 is 31.5 Å². The Labute approximate surface area is 203 Å². The Bertz CT molecular complexity index is 1270. The second-order valence-electron chi connectivity index (χ2n) is 8.13. The van der Waals surface area contributed by atoms with E-state index in [1.165, 1.54) is 41.1 Å². The van der Waals surface area contributed by atoms with Crippen molar-refractivity contribution < 1.29 is 13.0 Å². The van der Waals surface area contributed by atoms with Gasteiger partial charge in [-0.25, -0.2) is 0 Å². The second-order valence-corrected chi connectivity index (χ2v) is 13.8. The van der Waals surface area contributed by atoms with Crippen molar-refractivity contribution in [2.75, 3.05) is 6.26 Å². The fourth-order valence-electron chi connectivity index (χ4n) is 3.84. The lowest BCUT2D eigenvalue weighted by molar-refractivity contribution is 0.490. The van der Waals surface area contributed by atoms with Crippen LogP contribution in [0, 0.1) is 27.7 Å². The van der Waals surface area contributed by atoms with Gasteiger partial charge in [-0.2, -0.15) is 8.42 Å². The van der Waals surface area contributed by atoms with Crippen LogP contribution in [0.3, 0.4) is 0 Å². The normalized spacial score (nSPS) is 12.1. The highest BCUT2D eigenvalue weighted by molar-refractivity contribution is 8.35. The van der Waals surface area contributed by atoms with Gasteiger partial charge in [0.1, 0.15) is 0 Å². The van der Waals surface area contributed by atoms with Crippen LogP contribution < -0.4 is 0 Å². The molecule has 0 bridgehead atoms. The Kier molecular flexibility index (Phi) is 7.85. The third-order valence-corrected chi connectivity index (χ3v) is 10.9. The summed E-state index contributed by atoms with van der Waals surface area (Å²) in [5.74, 6) is 0. The van der Waals surface area contributed by atoms with Crippen molar-refractivity contribution in [1.29, 1.82) is 0 Å². The number of benzene rings is 3. The summed E-state index contributed by atoms with van der Waals surface area (Å²) in [4.78, 5) is 4.31. The summed E-state index contributed by atoms with van der Waals surface area (Å²) in [6, 6.07) is 29.5. The fourth-order valence-corrected chi connectivity index (χ4v) is 9.95. The standard InChI is InChI=1S/C26H26S2.CH4O3S/c1-19-12-14-21(3)24(17-19)28(26-11-8-16-27-26,23-9-6-5-7-10-23)25-18-20(2)13-15-22(25)4;1-5(2,3)4/h5-18H,1-4H3;1H3,(H,2,3,4). The first kappa shape index (κ1) is 25.2. The Balaban J connectivity index is 0.000000555. The molecule has 33 heavy (non-hydrogen) atoms. The zero-order chi connectivity index (χ0) is 24.2. The van der Waals surface area contributed by atoms with Crippen molar-refractivity contribution in [3.63, 3.8) is 0 Å². The molecule has 0 radical (unpaired) electrons. The lowest BCUT2D eigenvalue weighted by Crippen LogP contribution is -2.07. The molecule has 0 saturated carbocycles. The molecule has 0 fully saturated rings. The van der Waals surface area contributed by atoms with E-state index in [0.717, 1.165) is 0 Å².